The number of hydrogen-bond donors (Lipinski definition) is 3. The lowest BCUT2D eigenvalue weighted by atomic mass is 10.2. The average molecular weight is 289 g/mol. The van der Waals surface area contributed by atoms with E-state index in [1.807, 2.05) is 0 Å². The lowest BCUT2D eigenvalue weighted by molar-refractivity contribution is 0.0696. The summed E-state index contributed by atoms with van der Waals surface area (Å²) in [6.45, 7) is 1.10. The molecule has 0 aliphatic heterocycles. The Morgan fingerprint density at radius 1 is 1.47 bits per heavy atom. The summed E-state index contributed by atoms with van der Waals surface area (Å²) >= 11 is 0. The van der Waals surface area contributed by atoms with Crippen LogP contribution in [0.5, 0.6) is 5.75 Å². The zero-order valence-corrected chi connectivity index (χ0v) is 11.3. The lowest BCUT2D eigenvalue weighted by Gasteiger charge is -2.14. The third-order valence-corrected chi connectivity index (χ3v) is 3.94. The number of ether oxygens (including phenoxy) is 1. The zero-order valence-electron chi connectivity index (χ0n) is 10.5. The molecule has 1 aromatic carbocycles. The van der Waals surface area contributed by atoms with E-state index in [2.05, 4.69) is 4.72 Å². The maximum atomic E-state index is 12.1. The van der Waals surface area contributed by atoms with E-state index in [-0.39, 0.29) is 22.8 Å². The number of hydrogen-bond acceptors (Lipinski definition) is 5. The first-order valence-electron chi connectivity index (χ1n) is 5.36. The van der Waals surface area contributed by atoms with E-state index < -0.39 is 22.0 Å². The van der Waals surface area contributed by atoms with Crippen LogP contribution in [0.3, 0.4) is 0 Å². The Morgan fingerprint density at radius 2 is 2.11 bits per heavy atom. The van der Waals surface area contributed by atoms with Crippen LogP contribution in [0.25, 0.3) is 0 Å². The fourth-order valence-corrected chi connectivity index (χ4v) is 2.81. The summed E-state index contributed by atoms with van der Waals surface area (Å²) in [6, 6.07) is 2.83. The Hall–Kier alpha value is -1.64. The molecule has 0 fully saturated rings. The molecule has 8 heteroatoms. The second kappa shape index (κ2) is 6.00. The van der Waals surface area contributed by atoms with Crippen molar-refractivity contribution in [3.63, 3.8) is 0 Å². The first kappa shape index (κ1) is 15.4. The predicted molar refractivity (Wildman–Crippen MR) is 66.8 cm³/mol. The average Bonchev–Trinajstić information content (AvgIpc) is 2.37. The van der Waals surface area contributed by atoms with Gasteiger partial charge in [-0.15, -0.1) is 0 Å². The van der Waals surface area contributed by atoms with Crippen molar-refractivity contribution in [2.75, 3.05) is 13.7 Å². The van der Waals surface area contributed by atoms with Gasteiger partial charge in [0.1, 0.15) is 10.6 Å². The van der Waals surface area contributed by atoms with Gasteiger partial charge < -0.3 is 14.9 Å². The molecule has 0 aliphatic carbocycles. The number of carbonyl (C=O) groups is 1. The van der Waals surface area contributed by atoms with Crippen molar-refractivity contribution in [1.29, 1.82) is 0 Å². The Morgan fingerprint density at radius 3 is 2.58 bits per heavy atom. The molecule has 0 aliphatic rings. The first-order chi connectivity index (χ1) is 8.81. The normalized spacial score (nSPS) is 13.0. The van der Waals surface area contributed by atoms with E-state index in [0.717, 1.165) is 6.07 Å². The second-order valence-electron chi connectivity index (χ2n) is 3.88. The molecule has 0 heterocycles. The lowest BCUT2D eigenvalue weighted by Crippen LogP contribution is -2.35. The Labute approximate surface area is 110 Å². The zero-order chi connectivity index (χ0) is 14.6. The topological polar surface area (TPSA) is 113 Å². The number of benzene rings is 1. The van der Waals surface area contributed by atoms with Crippen LogP contribution in [0.4, 0.5) is 0 Å². The van der Waals surface area contributed by atoms with Gasteiger partial charge in [0, 0.05) is 6.04 Å². The highest BCUT2D eigenvalue weighted by atomic mass is 32.2. The summed E-state index contributed by atoms with van der Waals surface area (Å²) in [5.41, 5.74) is -0.169. The molecular formula is C11H15NO6S. The van der Waals surface area contributed by atoms with Gasteiger partial charge in [-0.2, -0.15) is 0 Å². The second-order valence-corrected chi connectivity index (χ2v) is 5.56. The largest absolute Gasteiger partial charge is 0.495 e. The van der Waals surface area contributed by atoms with Gasteiger partial charge in [0.25, 0.3) is 0 Å². The Balaban J connectivity index is 3.30. The number of aliphatic hydroxyl groups excluding tert-OH is 1. The highest BCUT2D eigenvalue weighted by molar-refractivity contribution is 7.89. The molecule has 0 saturated carbocycles. The van der Waals surface area contributed by atoms with Crippen LogP contribution in [0.1, 0.15) is 17.3 Å². The molecule has 3 N–H and O–H groups in total. The maximum Gasteiger partial charge on any atom is 0.335 e. The number of carboxylic acids is 1. The molecule has 0 unspecified atom stereocenters. The minimum atomic E-state index is -3.97. The van der Waals surface area contributed by atoms with Crippen molar-refractivity contribution in [2.24, 2.45) is 0 Å². The van der Waals surface area contributed by atoms with Crippen LogP contribution in [-0.2, 0) is 10.0 Å². The molecule has 106 valence electrons. The number of sulfonamides is 1. The summed E-state index contributed by atoms with van der Waals surface area (Å²) in [4.78, 5) is 10.6. The molecular weight excluding hydrogens is 274 g/mol. The third-order valence-electron chi connectivity index (χ3n) is 2.33. The molecule has 0 spiro atoms. The first-order valence-corrected chi connectivity index (χ1v) is 6.84. The van der Waals surface area contributed by atoms with Gasteiger partial charge in [0.05, 0.1) is 19.3 Å². The highest BCUT2D eigenvalue weighted by Gasteiger charge is 2.23. The number of methoxy groups -OCH3 is 1. The van der Waals surface area contributed by atoms with Gasteiger partial charge in [0.2, 0.25) is 10.0 Å². The van der Waals surface area contributed by atoms with Crippen molar-refractivity contribution in [3.05, 3.63) is 23.8 Å². The van der Waals surface area contributed by atoms with Crippen LogP contribution >= 0.6 is 0 Å². The summed E-state index contributed by atoms with van der Waals surface area (Å²) in [5, 5.41) is 17.7. The van der Waals surface area contributed by atoms with E-state index in [9.17, 15) is 13.2 Å². The molecule has 1 aromatic rings. The minimum absolute atomic E-state index is 0.0302. The van der Waals surface area contributed by atoms with Gasteiger partial charge in [-0.25, -0.2) is 17.9 Å². The number of nitrogens with one attached hydrogen (secondary N) is 1. The number of aliphatic hydroxyl groups is 1. The predicted octanol–water partition coefficient (Wildman–Crippen LogP) is 0.0525. The van der Waals surface area contributed by atoms with Crippen molar-refractivity contribution >= 4 is 16.0 Å². The van der Waals surface area contributed by atoms with E-state index in [1.165, 1.54) is 26.2 Å². The summed E-state index contributed by atoms with van der Waals surface area (Å²) in [7, 11) is -2.69. The van der Waals surface area contributed by atoms with Gasteiger partial charge in [-0.1, -0.05) is 0 Å². The molecule has 19 heavy (non-hydrogen) atoms. The molecule has 0 saturated heterocycles. The standard InChI is InChI=1S/C11H15NO6S/c1-7(6-13)12-19(16,17)10-5-8(11(14)15)3-4-9(10)18-2/h3-5,7,12-13H,6H2,1-2H3,(H,14,15)/t7-/m1/s1. The number of aromatic carboxylic acids is 1. The van der Waals surface area contributed by atoms with E-state index in [1.54, 1.807) is 0 Å². The van der Waals surface area contributed by atoms with Crippen molar-refractivity contribution in [3.8, 4) is 5.75 Å². The Kier molecular flexibility index (Phi) is 4.87. The molecule has 0 bridgehead atoms. The van der Waals surface area contributed by atoms with Gasteiger partial charge in [-0.3, -0.25) is 0 Å². The molecule has 1 rings (SSSR count). The van der Waals surface area contributed by atoms with Crippen LogP contribution in [0, 0.1) is 0 Å². The quantitative estimate of drug-likeness (QED) is 0.682. The van der Waals surface area contributed by atoms with Crippen LogP contribution in [-0.4, -0.2) is 44.4 Å². The van der Waals surface area contributed by atoms with Gasteiger partial charge in [-0.05, 0) is 25.1 Å². The monoisotopic (exact) mass is 289 g/mol. The van der Waals surface area contributed by atoms with E-state index >= 15 is 0 Å². The minimum Gasteiger partial charge on any atom is -0.495 e. The smallest absolute Gasteiger partial charge is 0.335 e. The van der Waals surface area contributed by atoms with Gasteiger partial charge in [0.15, 0.2) is 0 Å². The highest BCUT2D eigenvalue weighted by Crippen LogP contribution is 2.25. The number of rotatable bonds is 6. The van der Waals surface area contributed by atoms with Crippen molar-refractivity contribution < 1.29 is 28.2 Å². The summed E-state index contributed by atoms with van der Waals surface area (Å²) in [5.74, 6) is -1.21. The fourth-order valence-electron chi connectivity index (χ4n) is 1.39. The summed E-state index contributed by atoms with van der Waals surface area (Å²) in [6.07, 6.45) is 0. The third kappa shape index (κ3) is 3.66. The molecule has 0 aromatic heterocycles. The van der Waals surface area contributed by atoms with Crippen LogP contribution in [0.2, 0.25) is 0 Å². The fraction of sp³-hybridized carbons (Fsp3) is 0.364. The van der Waals surface area contributed by atoms with Crippen molar-refractivity contribution in [1.82, 2.24) is 4.72 Å². The molecule has 1 atom stereocenters. The molecule has 0 radical (unpaired) electrons. The number of carboxylic acid groups (broad SMARTS) is 1. The SMILES string of the molecule is COc1ccc(C(=O)O)cc1S(=O)(=O)N[C@H](C)CO. The Bertz CT molecular complexity index is 569. The molecule has 0 amide bonds. The van der Waals surface area contributed by atoms with Crippen LogP contribution in [0.15, 0.2) is 23.1 Å². The van der Waals surface area contributed by atoms with Gasteiger partial charge >= 0.3 is 5.97 Å². The van der Waals surface area contributed by atoms with E-state index in [4.69, 9.17) is 14.9 Å². The van der Waals surface area contributed by atoms with Crippen LogP contribution < -0.4 is 9.46 Å². The summed E-state index contributed by atoms with van der Waals surface area (Å²) < 4.78 is 31.2. The molecule has 7 nitrogen and oxygen atoms in total. The maximum absolute atomic E-state index is 12.1. The van der Waals surface area contributed by atoms with E-state index in [0.29, 0.717) is 0 Å². The van der Waals surface area contributed by atoms with Crippen molar-refractivity contribution in [2.45, 2.75) is 17.9 Å².